The molecule has 1 spiro atoms. The quantitative estimate of drug-likeness (QED) is 0.865. The van der Waals surface area contributed by atoms with Crippen molar-refractivity contribution in [2.24, 2.45) is 0 Å². The molecule has 1 fully saturated rings. The van der Waals surface area contributed by atoms with Crippen LogP contribution in [0.2, 0.25) is 0 Å². The SMILES string of the molecule is CN1CCC2(CC1)CN(CC(=O)Nc1ccccc1F)C(=O)c1ccccc1O2. The Morgan fingerprint density at radius 3 is 2.59 bits per heavy atom. The van der Waals surface area contributed by atoms with Crippen LogP contribution in [0.25, 0.3) is 0 Å². The van der Waals surface area contributed by atoms with Crippen LogP contribution >= 0.6 is 0 Å². The van der Waals surface area contributed by atoms with Crippen molar-refractivity contribution >= 4 is 17.5 Å². The van der Waals surface area contributed by atoms with Gasteiger partial charge in [-0.3, -0.25) is 9.59 Å². The molecule has 0 aromatic heterocycles. The van der Waals surface area contributed by atoms with Gasteiger partial charge in [-0.05, 0) is 31.3 Å². The van der Waals surface area contributed by atoms with Crippen LogP contribution in [0.1, 0.15) is 23.2 Å². The number of halogens is 1. The van der Waals surface area contributed by atoms with Crippen LogP contribution in [0.4, 0.5) is 10.1 Å². The first-order valence-electron chi connectivity index (χ1n) is 9.76. The van der Waals surface area contributed by atoms with E-state index in [1.807, 2.05) is 6.07 Å². The lowest BCUT2D eigenvalue weighted by molar-refractivity contribution is -0.117. The van der Waals surface area contributed by atoms with E-state index in [1.165, 1.54) is 17.0 Å². The summed E-state index contributed by atoms with van der Waals surface area (Å²) in [5, 5.41) is 2.56. The number of para-hydroxylation sites is 2. The summed E-state index contributed by atoms with van der Waals surface area (Å²) < 4.78 is 20.2. The zero-order valence-corrected chi connectivity index (χ0v) is 16.4. The van der Waals surface area contributed by atoms with Crippen molar-refractivity contribution in [3.05, 3.63) is 59.9 Å². The van der Waals surface area contributed by atoms with Gasteiger partial charge in [0.1, 0.15) is 23.7 Å². The number of hydrogen-bond acceptors (Lipinski definition) is 4. The molecule has 2 amide bonds. The molecule has 1 saturated heterocycles. The average Bonchev–Trinajstić information content (AvgIpc) is 2.82. The second kappa shape index (κ2) is 7.83. The van der Waals surface area contributed by atoms with E-state index in [4.69, 9.17) is 4.74 Å². The van der Waals surface area contributed by atoms with Gasteiger partial charge in [0.15, 0.2) is 0 Å². The highest BCUT2D eigenvalue weighted by atomic mass is 19.1. The van der Waals surface area contributed by atoms with Crippen LogP contribution in [0.15, 0.2) is 48.5 Å². The molecular weight excluding hydrogens is 373 g/mol. The summed E-state index contributed by atoms with van der Waals surface area (Å²) in [5.41, 5.74) is 0.0139. The maximum absolute atomic E-state index is 13.9. The Labute approximate surface area is 169 Å². The number of rotatable bonds is 3. The topological polar surface area (TPSA) is 61.9 Å². The minimum Gasteiger partial charge on any atom is -0.484 e. The van der Waals surface area contributed by atoms with Gasteiger partial charge >= 0.3 is 0 Å². The van der Waals surface area contributed by atoms with Crippen LogP contribution in [-0.2, 0) is 4.79 Å². The zero-order chi connectivity index (χ0) is 20.4. The van der Waals surface area contributed by atoms with Crippen LogP contribution in [0.5, 0.6) is 5.75 Å². The fourth-order valence-corrected chi connectivity index (χ4v) is 3.93. The number of piperidine rings is 1. The van der Waals surface area contributed by atoms with Gasteiger partial charge in [-0.15, -0.1) is 0 Å². The molecule has 0 unspecified atom stereocenters. The Morgan fingerprint density at radius 2 is 1.83 bits per heavy atom. The minimum atomic E-state index is -0.535. The van der Waals surface area contributed by atoms with Gasteiger partial charge < -0.3 is 19.9 Å². The van der Waals surface area contributed by atoms with Crippen LogP contribution in [0, 0.1) is 5.82 Å². The molecule has 2 aliphatic rings. The molecular formula is C22H24FN3O3. The summed E-state index contributed by atoms with van der Waals surface area (Å²) in [5.74, 6) is -0.645. The molecule has 7 heteroatoms. The lowest BCUT2D eigenvalue weighted by Crippen LogP contribution is -2.54. The van der Waals surface area contributed by atoms with Crippen molar-refractivity contribution < 1.29 is 18.7 Å². The lowest BCUT2D eigenvalue weighted by atomic mass is 9.90. The van der Waals surface area contributed by atoms with E-state index in [0.717, 1.165) is 25.9 Å². The molecule has 0 atom stereocenters. The molecule has 2 aliphatic heterocycles. The van der Waals surface area contributed by atoms with Gasteiger partial charge in [0, 0.05) is 25.9 Å². The highest BCUT2D eigenvalue weighted by Crippen LogP contribution is 2.35. The van der Waals surface area contributed by atoms with Crippen molar-refractivity contribution in [1.82, 2.24) is 9.80 Å². The minimum absolute atomic E-state index is 0.102. The molecule has 0 radical (unpaired) electrons. The van der Waals surface area contributed by atoms with E-state index in [-0.39, 0.29) is 18.1 Å². The molecule has 0 aliphatic carbocycles. The van der Waals surface area contributed by atoms with Gasteiger partial charge in [0.25, 0.3) is 5.91 Å². The number of fused-ring (bicyclic) bond motifs is 1. The molecule has 1 N–H and O–H groups in total. The van der Waals surface area contributed by atoms with E-state index in [0.29, 0.717) is 17.9 Å². The molecule has 29 heavy (non-hydrogen) atoms. The second-order valence-corrected chi connectivity index (χ2v) is 7.77. The van der Waals surface area contributed by atoms with Gasteiger partial charge in [-0.25, -0.2) is 4.39 Å². The highest BCUT2D eigenvalue weighted by Gasteiger charge is 2.42. The Hall–Kier alpha value is -2.93. The molecule has 152 valence electrons. The van der Waals surface area contributed by atoms with Crippen molar-refractivity contribution in [3.63, 3.8) is 0 Å². The summed E-state index contributed by atoms with van der Waals surface area (Å²) in [4.78, 5) is 29.5. The third-order valence-electron chi connectivity index (χ3n) is 5.59. The van der Waals surface area contributed by atoms with E-state index in [2.05, 4.69) is 17.3 Å². The Morgan fingerprint density at radius 1 is 1.14 bits per heavy atom. The second-order valence-electron chi connectivity index (χ2n) is 7.77. The Balaban J connectivity index is 1.58. The van der Waals surface area contributed by atoms with Gasteiger partial charge in [0.05, 0.1) is 17.8 Å². The molecule has 2 aromatic carbocycles. The first-order valence-corrected chi connectivity index (χ1v) is 9.76. The summed E-state index contributed by atoms with van der Waals surface area (Å²) in [7, 11) is 2.06. The number of nitrogens with zero attached hydrogens (tertiary/aromatic N) is 2. The third kappa shape index (κ3) is 4.10. The maximum atomic E-state index is 13.9. The van der Waals surface area contributed by atoms with Crippen molar-refractivity contribution in [3.8, 4) is 5.75 Å². The number of carbonyl (C=O) groups excluding carboxylic acids is 2. The molecule has 0 bridgehead atoms. The molecule has 2 aromatic rings. The molecule has 6 nitrogen and oxygen atoms in total. The lowest BCUT2D eigenvalue weighted by Gasteiger charge is -2.41. The van der Waals surface area contributed by atoms with Gasteiger partial charge in [0.2, 0.25) is 5.91 Å². The average molecular weight is 397 g/mol. The van der Waals surface area contributed by atoms with Crippen molar-refractivity contribution in [2.75, 3.05) is 38.5 Å². The van der Waals surface area contributed by atoms with Crippen molar-refractivity contribution in [2.45, 2.75) is 18.4 Å². The van der Waals surface area contributed by atoms with Crippen molar-refractivity contribution in [1.29, 1.82) is 0 Å². The summed E-state index contributed by atoms with van der Waals surface area (Å²) in [6.07, 6.45) is 1.52. The summed E-state index contributed by atoms with van der Waals surface area (Å²) in [6.45, 7) is 1.86. The maximum Gasteiger partial charge on any atom is 0.258 e. The van der Waals surface area contributed by atoms with Gasteiger partial charge in [-0.1, -0.05) is 24.3 Å². The number of nitrogens with one attached hydrogen (secondary N) is 1. The van der Waals surface area contributed by atoms with Crippen LogP contribution in [0.3, 0.4) is 0 Å². The van der Waals surface area contributed by atoms with Crippen LogP contribution in [-0.4, -0.2) is 60.4 Å². The number of benzene rings is 2. The predicted molar refractivity (Wildman–Crippen MR) is 107 cm³/mol. The van der Waals surface area contributed by atoms with E-state index < -0.39 is 17.3 Å². The third-order valence-corrected chi connectivity index (χ3v) is 5.59. The zero-order valence-electron chi connectivity index (χ0n) is 16.4. The Kier molecular flexibility index (Phi) is 5.24. The number of hydrogen-bond donors (Lipinski definition) is 1. The highest BCUT2D eigenvalue weighted by molar-refractivity contribution is 6.01. The summed E-state index contributed by atoms with van der Waals surface area (Å²) >= 11 is 0. The number of carbonyl (C=O) groups is 2. The first-order chi connectivity index (χ1) is 14.0. The summed E-state index contributed by atoms with van der Waals surface area (Å²) in [6, 6.07) is 13.1. The Bertz CT molecular complexity index is 925. The molecule has 0 saturated carbocycles. The largest absolute Gasteiger partial charge is 0.484 e. The normalized spacial score (nSPS) is 18.7. The van der Waals surface area contributed by atoms with E-state index >= 15 is 0 Å². The monoisotopic (exact) mass is 397 g/mol. The standard InChI is InChI=1S/C22H24FN3O3/c1-25-12-10-22(11-13-25)15-26(21(28)16-6-2-5-9-19(16)29-22)14-20(27)24-18-8-4-3-7-17(18)23/h2-9H,10-15H2,1H3,(H,24,27). The number of likely N-dealkylation sites (tertiary alicyclic amines) is 1. The fraction of sp³-hybridized carbons (Fsp3) is 0.364. The predicted octanol–water partition coefficient (Wildman–Crippen LogP) is 2.76. The smallest absolute Gasteiger partial charge is 0.258 e. The van der Waals surface area contributed by atoms with E-state index in [9.17, 15) is 14.0 Å². The van der Waals surface area contributed by atoms with Crippen LogP contribution < -0.4 is 10.1 Å². The number of ether oxygens (including phenoxy) is 1. The number of anilines is 1. The number of amides is 2. The first kappa shape index (κ1) is 19.4. The van der Waals surface area contributed by atoms with E-state index in [1.54, 1.807) is 30.3 Å². The van der Waals surface area contributed by atoms with Gasteiger partial charge in [-0.2, -0.15) is 0 Å². The molecule has 4 rings (SSSR count). The fourth-order valence-electron chi connectivity index (χ4n) is 3.93. The molecule has 2 heterocycles.